The van der Waals surface area contributed by atoms with Crippen molar-refractivity contribution >= 4 is 38.8 Å². The lowest BCUT2D eigenvalue weighted by atomic mass is 10.1. The molecular formula is C14H20BrN3S. The predicted molar refractivity (Wildman–Crippen MR) is 88.9 cm³/mol. The Bertz CT molecular complexity index is 480. The lowest BCUT2D eigenvalue weighted by Gasteiger charge is -2.43. The SMILES string of the molecule is CC1CN(c2ccc(C(N)=S)cc2Br)CC(C)N1C. The summed E-state index contributed by atoms with van der Waals surface area (Å²) < 4.78 is 1.06. The summed E-state index contributed by atoms with van der Waals surface area (Å²) in [6.07, 6.45) is 0. The maximum absolute atomic E-state index is 5.66. The summed E-state index contributed by atoms with van der Waals surface area (Å²) in [5, 5.41) is 0. The number of halogens is 1. The zero-order chi connectivity index (χ0) is 14.2. The van der Waals surface area contributed by atoms with Crippen molar-refractivity contribution in [1.29, 1.82) is 0 Å². The zero-order valence-electron chi connectivity index (χ0n) is 11.6. The minimum atomic E-state index is 0.437. The van der Waals surface area contributed by atoms with Crippen molar-refractivity contribution < 1.29 is 0 Å². The maximum atomic E-state index is 5.66. The van der Waals surface area contributed by atoms with E-state index in [1.54, 1.807) is 0 Å². The lowest BCUT2D eigenvalue weighted by Crippen LogP contribution is -2.55. The molecule has 1 fully saturated rings. The average Bonchev–Trinajstić information content (AvgIpc) is 2.35. The molecule has 3 nitrogen and oxygen atoms in total. The van der Waals surface area contributed by atoms with Crippen LogP contribution in [0.2, 0.25) is 0 Å². The van der Waals surface area contributed by atoms with E-state index >= 15 is 0 Å². The molecule has 1 heterocycles. The number of thiocarbonyl (C=S) groups is 1. The van der Waals surface area contributed by atoms with Crippen LogP contribution in [-0.2, 0) is 0 Å². The van der Waals surface area contributed by atoms with E-state index in [1.165, 1.54) is 5.69 Å². The lowest BCUT2D eigenvalue weighted by molar-refractivity contribution is 0.170. The Morgan fingerprint density at radius 1 is 1.32 bits per heavy atom. The number of nitrogens with two attached hydrogens (primary N) is 1. The Morgan fingerprint density at radius 3 is 2.37 bits per heavy atom. The Hall–Kier alpha value is -0.650. The maximum Gasteiger partial charge on any atom is 0.104 e. The minimum Gasteiger partial charge on any atom is -0.389 e. The fourth-order valence-corrected chi connectivity index (χ4v) is 3.27. The summed E-state index contributed by atoms with van der Waals surface area (Å²) in [5.41, 5.74) is 7.78. The second kappa shape index (κ2) is 5.77. The number of likely N-dealkylation sites (N-methyl/N-ethyl adjacent to an activating group) is 1. The Kier molecular flexibility index (Phi) is 4.48. The first-order chi connectivity index (χ1) is 8.90. The van der Waals surface area contributed by atoms with E-state index in [9.17, 15) is 0 Å². The molecule has 1 aliphatic heterocycles. The molecule has 0 amide bonds. The van der Waals surface area contributed by atoms with Gasteiger partial charge in [0.2, 0.25) is 0 Å². The van der Waals surface area contributed by atoms with Gasteiger partial charge in [0.15, 0.2) is 0 Å². The molecule has 2 atom stereocenters. The molecule has 1 aromatic rings. The number of benzene rings is 1. The summed E-state index contributed by atoms with van der Waals surface area (Å²) >= 11 is 8.65. The highest BCUT2D eigenvalue weighted by Crippen LogP contribution is 2.30. The fraction of sp³-hybridized carbons (Fsp3) is 0.500. The Labute approximate surface area is 128 Å². The first-order valence-corrected chi connectivity index (χ1v) is 7.66. The third-order valence-corrected chi connectivity index (χ3v) is 4.80. The van der Waals surface area contributed by atoms with Crippen LogP contribution in [0.4, 0.5) is 5.69 Å². The van der Waals surface area contributed by atoms with Gasteiger partial charge in [-0.25, -0.2) is 0 Å². The fourth-order valence-electron chi connectivity index (χ4n) is 2.52. The van der Waals surface area contributed by atoms with Gasteiger partial charge >= 0.3 is 0 Å². The van der Waals surface area contributed by atoms with Crippen LogP contribution in [0.15, 0.2) is 22.7 Å². The first-order valence-electron chi connectivity index (χ1n) is 6.46. The van der Waals surface area contributed by atoms with Crippen LogP contribution in [0.5, 0.6) is 0 Å². The molecule has 1 aromatic carbocycles. The summed E-state index contributed by atoms with van der Waals surface area (Å²) in [7, 11) is 2.19. The molecular weight excluding hydrogens is 322 g/mol. The summed E-state index contributed by atoms with van der Waals surface area (Å²) in [6, 6.07) is 7.20. The smallest absolute Gasteiger partial charge is 0.104 e. The third kappa shape index (κ3) is 3.09. The van der Waals surface area contributed by atoms with Gasteiger partial charge in [-0.1, -0.05) is 12.2 Å². The highest BCUT2D eigenvalue weighted by atomic mass is 79.9. The van der Waals surface area contributed by atoms with Crippen LogP contribution in [0.25, 0.3) is 0 Å². The zero-order valence-corrected chi connectivity index (χ0v) is 14.0. The molecule has 1 aliphatic rings. The highest BCUT2D eigenvalue weighted by molar-refractivity contribution is 9.10. The molecule has 19 heavy (non-hydrogen) atoms. The molecule has 0 spiro atoms. The molecule has 0 radical (unpaired) electrons. The van der Waals surface area contributed by atoms with Gasteiger partial charge in [0.25, 0.3) is 0 Å². The Morgan fingerprint density at radius 2 is 1.89 bits per heavy atom. The summed E-state index contributed by atoms with van der Waals surface area (Å²) in [6.45, 7) is 6.59. The van der Waals surface area contributed by atoms with Gasteiger partial charge in [-0.3, -0.25) is 4.90 Å². The van der Waals surface area contributed by atoms with Crippen LogP contribution >= 0.6 is 28.1 Å². The number of nitrogens with zero attached hydrogens (tertiary/aromatic N) is 2. The van der Waals surface area contributed by atoms with Crippen molar-refractivity contribution in [2.45, 2.75) is 25.9 Å². The number of anilines is 1. The van der Waals surface area contributed by atoms with E-state index in [1.807, 2.05) is 12.1 Å². The number of piperazine rings is 1. The molecule has 2 unspecified atom stereocenters. The van der Waals surface area contributed by atoms with E-state index < -0.39 is 0 Å². The predicted octanol–water partition coefficient (Wildman–Crippen LogP) is 2.61. The van der Waals surface area contributed by atoms with Crippen molar-refractivity contribution in [3.63, 3.8) is 0 Å². The molecule has 0 bridgehead atoms. The molecule has 2 N–H and O–H groups in total. The molecule has 2 rings (SSSR count). The van der Waals surface area contributed by atoms with E-state index in [0.717, 1.165) is 23.1 Å². The standard InChI is InChI=1S/C14H20BrN3S/c1-9-7-18(8-10(2)17(9)3)13-5-4-11(14(16)19)6-12(13)15/h4-6,9-10H,7-8H2,1-3H3,(H2,16,19). The average molecular weight is 342 g/mol. The van der Waals surface area contributed by atoms with Gasteiger partial charge < -0.3 is 10.6 Å². The topological polar surface area (TPSA) is 32.5 Å². The van der Waals surface area contributed by atoms with Crippen LogP contribution in [0.1, 0.15) is 19.4 Å². The third-order valence-electron chi connectivity index (χ3n) is 3.93. The second-order valence-electron chi connectivity index (χ2n) is 5.30. The molecule has 1 saturated heterocycles. The molecule has 5 heteroatoms. The number of rotatable bonds is 2. The van der Waals surface area contributed by atoms with Crippen LogP contribution in [0.3, 0.4) is 0 Å². The van der Waals surface area contributed by atoms with Gasteiger partial charge in [0.05, 0.1) is 5.69 Å². The number of hydrogen-bond acceptors (Lipinski definition) is 3. The van der Waals surface area contributed by atoms with E-state index in [-0.39, 0.29) is 0 Å². The number of hydrogen-bond donors (Lipinski definition) is 1. The largest absolute Gasteiger partial charge is 0.389 e. The van der Waals surface area contributed by atoms with Gasteiger partial charge in [-0.15, -0.1) is 0 Å². The van der Waals surface area contributed by atoms with E-state index in [0.29, 0.717) is 17.1 Å². The van der Waals surface area contributed by atoms with Crippen molar-refractivity contribution in [2.75, 3.05) is 25.0 Å². The van der Waals surface area contributed by atoms with Crippen molar-refractivity contribution in [3.05, 3.63) is 28.2 Å². The van der Waals surface area contributed by atoms with Crippen molar-refractivity contribution in [3.8, 4) is 0 Å². The van der Waals surface area contributed by atoms with E-state index in [2.05, 4.69) is 52.7 Å². The quantitative estimate of drug-likeness (QED) is 0.838. The second-order valence-corrected chi connectivity index (χ2v) is 6.59. The first kappa shape index (κ1) is 14.8. The minimum absolute atomic E-state index is 0.437. The van der Waals surface area contributed by atoms with Crippen molar-refractivity contribution in [1.82, 2.24) is 4.90 Å². The summed E-state index contributed by atoms with van der Waals surface area (Å²) in [5.74, 6) is 0. The van der Waals surface area contributed by atoms with Crippen LogP contribution < -0.4 is 10.6 Å². The normalized spacial score (nSPS) is 24.5. The van der Waals surface area contributed by atoms with Gasteiger partial charge in [0, 0.05) is 35.2 Å². The Balaban J connectivity index is 2.25. The molecule has 0 aliphatic carbocycles. The van der Waals surface area contributed by atoms with Gasteiger partial charge in [-0.05, 0) is 55.0 Å². The van der Waals surface area contributed by atoms with Crippen molar-refractivity contribution in [2.24, 2.45) is 5.73 Å². The molecule has 0 saturated carbocycles. The molecule has 104 valence electrons. The monoisotopic (exact) mass is 341 g/mol. The highest BCUT2D eigenvalue weighted by Gasteiger charge is 2.27. The van der Waals surface area contributed by atoms with Crippen LogP contribution in [-0.4, -0.2) is 42.1 Å². The van der Waals surface area contributed by atoms with E-state index in [4.69, 9.17) is 18.0 Å². The van der Waals surface area contributed by atoms with Crippen LogP contribution in [0, 0.1) is 0 Å². The van der Waals surface area contributed by atoms with Gasteiger partial charge in [-0.2, -0.15) is 0 Å². The van der Waals surface area contributed by atoms with Gasteiger partial charge in [0.1, 0.15) is 4.99 Å². The molecule has 0 aromatic heterocycles. The summed E-state index contributed by atoms with van der Waals surface area (Å²) in [4.78, 5) is 5.28.